The number of rotatable bonds is 6. The highest BCUT2D eigenvalue weighted by Gasteiger charge is 2.16. The summed E-state index contributed by atoms with van der Waals surface area (Å²) >= 11 is 1.62. The SMILES string of the molecule is O=C(CCCn1c(=O)oc2ccccc21)Nc1ccc2nc(N3CCOCC3)sc2c1. The Morgan fingerprint density at radius 1 is 1.16 bits per heavy atom. The summed E-state index contributed by atoms with van der Waals surface area (Å²) in [7, 11) is 0. The van der Waals surface area contributed by atoms with Gasteiger partial charge in [0.25, 0.3) is 0 Å². The molecule has 8 nitrogen and oxygen atoms in total. The summed E-state index contributed by atoms with van der Waals surface area (Å²) in [5.41, 5.74) is 2.99. The fourth-order valence-electron chi connectivity index (χ4n) is 3.73. The Morgan fingerprint density at radius 3 is 2.87 bits per heavy atom. The van der Waals surface area contributed by atoms with Gasteiger partial charge in [0.15, 0.2) is 10.7 Å². The molecule has 0 spiro atoms. The van der Waals surface area contributed by atoms with Crippen LogP contribution in [0.25, 0.3) is 21.3 Å². The Kier molecular flexibility index (Phi) is 5.44. The van der Waals surface area contributed by atoms with E-state index < -0.39 is 5.76 Å². The van der Waals surface area contributed by atoms with Gasteiger partial charge >= 0.3 is 5.76 Å². The molecule has 2 aromatic carbocycles. The normalized spacial score (nSPS) is 14.4. The van der Waals surface area contributed by atoms with Crippen molar-refractivity contribution in [3.63, 3.8) is 0 Å². The standard InChI is InChI=1S/C22H22N4O4S/c27-20(6-3-9-26-17-4-1-2-5-18(17)30-22(26)28)23-15-7-8-16-19(14-15)31-21(24-16)25-10-12-29-13-11-25/h1-2,4-5,7-8,14H,3,6,9-13H2,(H,23,27). The minimum absolute atomic E-state index is 0.0851. The molecule has 0 atom stereocenters. The van der Waals surface area contributed by atoms with E-state index in [1.165, 1.54) is 0 Å². The minimum atomic E-state index is -0.395. The minimum Gasteiger partial charge on any atom is -0.408 e. The van der Waals surface area contributed by atoms with Crippen molar-refractivity contribution in [1.29, 1.82) is 0 Å². The van der Waals surface area contributed by atoms with Gasteiger partial charge < -0.3 is 19.4 Å². The van der Waals surface area contributed by atoms with Crippen molar-refractivity contribution >= 4 is 49.4 Å². The molecule has 0 bridgehead atoms. The number of ether oxygens (including phenoxy) is 1. The Morgan fingerprint density at radius 2 is 2.00 bits per heavy atom. The Labute approximate surface area is 182 Å². The first-order chi connectivity index (χ1) is 15.2. The second-order valence-corrected chi connectivity index (χ2v) is 8.43. The first-order valence-electron chi connectivity index (χ1n) is 10.3. The molecule has 0 radical (unpaired) electrons. The molecule has 1 saturated heterocycles. The van der Waals surface area contributed by atoms with Crippen LogP contribution in [0.4, 0.5) is 10.8 Å². The summed E-state index contributed by atoms with van der Waals surface area (Å²) in [5.74, 6) is -0.480. The predicted octanol–water partition coefficient (Wildman–Crippen LogP) is 3.46. The fraction of sp³-hybridized carbons (Fsp3) is 0.318. The number of nitrogens with one attached hydrogen (secondary N) is 1. The number of aromatic nitrogens is 2. The number of fused-ring (bicyclic) bond motifs is 2. The van der Waals surface area contributed by atoms with Gasteiger partial charge in [-0.05, 0) is 36.8 Å². The average Bonchev–Trinajstić information content (AvgIpc) is 3.35. The van der Waals surface area contributed by atoms with Gasteiger partial charge in [0, 0.05) is 31.7 Å². The quantitative estimate of drug-likeness (QED) is 0.496. The number of nitrogens with zero attached hydrogens (tertiary/aromatic N) is 3. The molecular weight excluding hydrogens is 416 g/mol. The number of hydrogen-bond acceptors (Lipinski definition) is 7. The number of oxazole rings is 1. The van der Waals surface area contributed by atoms with Crippen molar-refractivity contribution in [3.8, 4) is 0 Å². The molecule has 2 aromatic heterocycles. The number of para-hydroxylation sites is 2. The lowest BCUT2D eigenvalue weighted by molar-refractivity contribution is -0.116. The zero-order valence-corrected chi connectivity index (χ0v) is 17.7. The van der Waals surface area contributed by atoms with E-state index in [1.54, 1.807) is 22.0 Å². The molecule has 1 amide bonds. The van der Waals surface area contributed by atoms with E-state index in [-0.39, 0.29) is 5.91 Å². The number of aryl methyl sites for hydroxylation is 1. The van der Waals surface area contributed by atoms with Gasteiger partial charge in [-0.15, -0.1) is 0 Å². The molecule has 3 heterocycles. The summed E-state index contributed by atoms with van der Waals surface area (Å²) in [6, 6.07) is 13.1. The third-order valence-electron chi connectivity index (χ3n) is 5.30. The van der Waals surface area contributed by atoms with E-state index in [0.29, 0.717) is 25.0 Å². The van der Waals surface area contributed by atoms with Crippen molar-refractivity contribution in [2.45, 2.75) is 19.4 Å². The van der Waals surface area contributed by atoms with Crippen molar-refractivity contribution < 1.29 is 13.9 Å². The number of morpholine rings is 1. The van der Waals surface area contributed by atoms with Crippen LogP contribution >= 0.6 is 11.3 Å². The summed E-state index contributed by atoms with van der Waals surface area (Å²) < 4.78 is 13.2. The molecule has 0 aliphatic carbocycles. The van der Waals surface area contributed by atoms with Crippen LogP contribution in [0.1, 0.15) is 12.8 Å². The van der Waals surface area contributed by atoms with Crippen LogP contribution in [0, 0.1) is 0 Å². The number of carbonyl (C=O) groups is 1. The summed E-state index contributed by atoms with van der Waals surface area (Å²) in [6.45, 7) is 3.56. The maximum Gasteiger partial charge on any atom is 0.419 e. The lowest BCUT2D eigenvalue weighted by Crippen LogP contribution is -2.36. The third-order valence-corrected chi connectivity index (χ3v) is 6.38. The topological polar surface area (TPSA) is 89.6 Å². The van der Waals surface area contributed by atoms with Crippen LogP contribution in [0.5, 0.6) is 0 Å². The molecule has 1 aliphatic rings. The summed E-state index contributed by atoms with van der Waals surface area (Å²) in [4.78, 5) is 31.4. The highest BCUT2D eigenvalue weighted by atomic mass is 32.1. The molecule has 1 N–H and O–H groups in total. The summed E-state index contributed by atoms with van der Waals surface area (Å²) in [5, 5.41) is 3.94. The number of amides is 1. The second kappa shape index (κ2) is 8.52. The van der Waals surface area contributed by atoms with E-state index in [9.17, 15) is 9.59 Å². The van der Waals surface area contributed by atoms with E-state index >= 15 is 0 Å². The first-order valence-corrected chi connectivity index (χ1v) is 11.1. The van der Waals surface area contributed by atoms with Gasteiger partial charge in [-0.25, -0.2) is 9.78 Å². The van der Waals surface area contributed by atoms with Crippen molar-refractivity contribution in [2.24, 2.45) is 0 Å². The largest absolute Gasteiger partial charge is 0.419 e. The molecule has 4 aromatic rings. The highest BCUT2D eigenvalue weighted by molar-refractivity contribution is 7.22. The van der Waals surface area contributed by atoms with Crippen LogP contribution in [0.3, 0.4) is 0 Å². The Bertz CT molecular complexity index is 1290. The number of benzene rings is 2. The molecule has 1 aliphatic heterocycles. The van der Waals surface area contributed by atoms with Crippen molar-refractivity contribution in [3.05, 3.63) is 53.0 Å². The van der Waals surface area contributed by atoms with Crippen LogP contribution in [0.15, 0.2) is 51.7 Å². The molecule has 5 rings (SSSR count). The van der Waals surface area contributed by atoms with E-state index in [0.717, 1.165) is 52.9 Å². The van der Waals surface area contributed by atoms with Gasteiger partial charge in [-0.1, -0.05) is 23.5 Å². The van der Waals surface area contributed by atoms with Gasteiger partial charge in [-0.3, -0.25) is 9.36 Å². The fourth-order valence-corrected chi connectivity index (χ4v) is 4.78. The Hall–Kier alpha value is -3.17. The van der Waals surface area contributed by atoms with Gasteiger partial charge in [0.2, 0.25) is 5.91 Å². The summed E-state index contributed by atoms with van der Waals surface area (Å²) in [6.07, 6.45) is 0.852. The Balaban J connectivity index is 1.20. The first kappa shape index (κ1) is 19.8. The van der Waals surface area contributed by atoms with E-state index in [4.69, 9.17) is 14.1 Å². The molecular formula is C22H22N4O4S. The number of hydrogen-bond donors (Lipinski definition) is 1. The lowest BCUT2D eigenvalue weighted by Gasteiger charge is -2.25. The monoisotopic (exact) mass is 438 g/mol. The molecule has 31 heavy (non-hydrogen) atoms. The molecule has 1 fully saturated rings. The van der Waals surface area contributed by atoms with Gasteiger partial charge in [0.1, 0.15) is 0 Å². The van der Waals surface area contributed by atoms with E-state index in [2.05, 4.69) is 10.2 Å². The van der Waals surface area contributed by atoms with Crippen LogP contribution in [-0.4, -0.2) is 41.8 Å². The number of thiazole rings is 1. The van der Waals surface area contributed by atoms with Gasteiger partial charge in [-0.2, -0.15) is 0 Å². The zero-order valence-electron chi connectivity index (χ0n) is 16.9. The van der Waals surface area contributed by atoms with Crippen LogP contribution in [0.2, 0.25) is 0 Å². The van der Waals surface area contributed by atoms with Crippen molar-refractivity contribution in [2.75, 3.05) is 36.5 Å². The smallest absolute Gasteiger partial charge is 0.408 e. The van der Waals surface area contributed by atoms with Crippen LogP contribution < -0.4 is 16.0 Å². The van der Waals surface area contributed by atoms with E-state index in [1.807, 2.05) is 36.4 Å². The van der Waals surface area contributed by atoms with Crippen molar-refractivity contribution in [1.82, 2.24) is 9.55 Å². The number of anilines is 2. The third kappa shape index (κ3) is 4.19. The maximum absolute atomic E-state index is 12.4. The molecule has 0 unspecified atom stereocenters. The second-order valence-electron chi connectivity index (χ2n) is 7.42. The molecule has 9 heteroatoms. The molecule has 160 valence electrons. The predicted molar refractivity (Wildman–Crippen MR) is 121 cm³/mol. The lowest BCUT2D eigenvalue weighted by atomic mass is 10.2. The molecule has 0 saturated carbocycles. The zero-order chi connectivity index (χ0) is 21.2. The highest BCUT2D eigenvalue weighted by Crippen LogP contribution is 2.31. The van der Waals surface area contributed by atoms with Crippen LogP contribution in [-0.2, 0) is 16.1 Å². The number of carbonyl (C=O) groups excluding carboxylic acids is 1. The van der Waals surface area contributed by atoms with Gasteiger partial charge in [0.05, 0.1) is 28.9 Å². The maximum atomic E-state index is 12.4. The average molecular weight is 439 g/mol.